The molecular formula is C23H35IN4O3. The Hall–Kier alpha value is -1.91. The summed E-state index contributed by atoms with van der Waals surface area (Å²) in [5.41, 5.74) is 2.13. The van der Waals surface area contributed by atoms with Crippen LogP contribution in [0.1, 0.15) is 37.5 Å². The minimum absolute atomic E-state index is 0. The molecule has 172 valence electrons. The van der Waals surface area contributed by atoms with E-state index in [-0.39, 0.29) is 30.1 Å². The van der Waals surface area contributed by atoms with E-state index >= 15 is 0 Å². The molecule has 0 saturated heterocycles. The number of aliphatic imine (C=N–C) groups is 1. The van der Waals surface area contributed by atoms with Crippen molar-refractivity contribution < 1.29 is 14.2 Å². The second kappa shape index (κ2) is 16.7. The predicted octanol–water partition coefficient (Wildman–Crippen LogP) is 3.95. The molecule has 1 unspecified atom stereocenters. The summed E-state index contributed by atoms with van der Waals surface area (Å²) in [4.78, 5) is 8.95. The van der Waals surface area contributed by atoms with E-state index in [1.807, 2.05) is 37.3 Å². The molecule has 8 heteroatoms. The lowest BCUT2D eigenvalue weighted by atomic mass is 10.1. The van der Waals surface area contributed by atoms with Crippen molar-refractivity contribution in [2.75, 3.05) is 40.0 Å². The van der Waals surface area contributed by atoms with Crippen LogP contribution in [-0.2, 0) is 16.0 Å². The number of methoxy groups -OCH3 is 1. The second-order valence-corrected chi connectivity index (χ2v) is 6.71. The van der Waals surface area contributed by atoms with E-state index in [2.05, 4.69) is 39.7 Å². The Bertz CT molecular complexity index is 747. The van der Waals surface area contributed by atoms with Crippen molar-refractivity contribution >= 4 is 29.9 Å². The molecule has 0 spiro atoms. The largest absolute Gasteiger partial charge is 0.475 e. The highest BCUT2D eigenvalue weighted by Gasteiger charge is 2.06. The number of nitrogens with one attached hydrogen (secondary N) is 2. The van der Waals surface area contributed by atoms with Crippen LogP contribution in [0.15, 0.2) is 53.7 Å². The summed E-state index contributed by atoms with van der Waals surface area (Å²) in [6.07, 6.45) is 2.70. The van der Waals surface area contributed by atoms with E-state index < -0.39 is 0 Å². The van der Waals surface area contributed by atoms with Gasteiger partial charge in [-0.2, -0.15) is 0 Å². The average Bonchev–Trinajstić information content (AvgIpc) is 2.78. The first-order valence-corrected chi connectivity index (χ1v) is 10.5. The quantitative estimate of drug-likeness (QED) is 0.173. The minimum Gasteiger partial charge on any atom is -0.475 e. The van der Waals surface area contributed by atoms with Gasteiger partial charge in [0.2, 0.25) is 5.88 Å². The van der Waals surface area contributed by atoms with Gasteiger partial charge in [-0.1, -0.05) is 36.4 Å². The third kappa shape index (κ3) is 10.8. The molecule has 31 heavy (non-hydrogen) atoms. The third-order valence-electron chi connectivity index (χ3n) is 4.38. The van der Waals surface area contributed by atoms with Crippen LogP contribution < -0.4 is 15.4 Å². The lowest BCUT2D eigenvalue weighted by Crippen LogP contribution is -2.38. The van der Waals surface area contributed by atoms with Gasteiger partial charge in [0.25, 0.3) is 0 Å². The smallest absolute Gasteiger partial charge is 0.218 e. The fraction of sp³-hybridized carbons (Fsp3) is 0.478. The SMILES string of the molecule is CCNC(=NCc1cccnc1OCCOC)NCCCOC(C)c1ccccc1.I. The molecule has 2 N–H and O–H groups in total. The summed E-state index contributed by atoms with van der Waals surface area (Å²) < 4.78 is 16.6. The number of halogens is 1. The minimum atomic E-state index is 0. The van der Waals surface area contributed by atoms with Gasteiger partial charge in [0, 0.05) is 38.6 Å². The van der Waals surface area contributed by atoms with Crippen molar-refractivity contribution in [2.45, 2.75) is 32.9 Å². The maximum Gasteiger partial charge on any atom is 0.218 e. The van der Waals surface area contributed by atoms with Crippen molar-refractivity contribution in [1.29, 1.82) is 0 Å². The van der Waals surface area contributed by atoms with Crippen molar-refractivity contribution in [1.82, 2.24) is 15.6 Å². The van der Waals surface area contributed by atoms with Gasteiger partial charge in [-0.3, -0.25) is 0 Å². The third-order valence-corrected chi connectivity index (χ3v) is 4.38. The number of hydrogen-bond donors (Lipinski definition) is 2. The fourth-order valence-corrected chi connectivity index (χ4v) is 2.76. The average molecular weight is 542 g/mol. The topological polar surface area (TPSA) is 77.0 Å². The summed E-state index contributed by atoms with van der Waals surface area (Å²) in [5, 5.41) is 6.62. The van der Waals surface area contributed by atoms with Gasteiger partial charge in [-0.25, -0.2) is 9.98 Å². The summed E-state index contributed by atoms with van der Waals surface area (Å²) >= 11 is 0. The normalized spacial score (nSPS) is 12.0. The van der Waals surface area contributed by atoms with Gasteiger partial charge in [0.15, 0.2) is 5.96 Å². The number of ether oxygens (including phenoxy) is 3. The summed E-state index contributed by atoms with van der Waals surface area (Å²) in [7, 11) is 1.65. The van der Waals surface area contributed by atoms with Gasteiger partial charge < -0.3 is 24.8 Å². The second-order valence-electron chi connectivity index (χ2n) is 6.71. The fourth-order valence-electron chi connectivity index (χ4n) is 2.76. The first-order chi connectivity index (χ1) is 14.7. The maximum absolute atomic E-state index is 5.93. The molecule has 0 aliphatic heterocycles. The molecule has 1 atom stereocenters. The van der Waals surface area contributed by atoms with Gasteiger partial charge in [0.05, 0.1) is 19.3 Å². The standard InChI is InChI=1S/C23H34N4O3.HI/c1-4-24-23(26-14-9-15-29-19(2)20-10-6-5-7-11-20)27-18-21-12-8-13-25-22(21)30-17-16-28-3;/h5-8,10-13,19H,4,9,14-18H2,1-3H3,(H2,24,26,27);1H. The molecule has 0 fully saturated rings. The van der Waals surface area contributed by atoms with Gasteiger partial charge in [-0.15, -0.1) is 24.0 Å². The molecule has 0 radical (unpaired) electrons. The number of pyridine rings is 1. The zero-order valence-corrected chi connectivity index (χ0v) is 21.0. The van der Waals surface area contributed by atoms with Crippen LogP contribution in [0.25, 0.3) is 0 Å². The molecule has 0 bridgehead atoms. The Balaban J connectivity index is 0.00000480. The summed E-state index contributed by atoms with van der Waals surface area (Å²) in [5.74, 6) is 1.36. The van der Waals surface area contributed by atoms with Crippen LogP contribution in [0.3, 0.4) is 0 Å². The Morgan fingerprint density at radius 2 is 1.87 bits per heavy atom. The van der Waals surface area contributed by atoms with Gasteiger partial charge >= 0.3 is 0 Å². The Kier molecular flexibility index (Phi) is 14.6. The zero-order valence-electron chi connectivity index (χ0n) is 18.7. The summed E-state index contributed by atoms with van der Waals surface area (Å²) in [6, 6.07) is 14.1. The first kappa shape index (κ1) is 27.1. The number of benzene rings is 1. The molecule has 1 aromatic heterocycles. The lowest BCUT2D eigenvalue weighted by molar-refractivity contribution is 0.0646. The van der Waals surface area contributed by atoms with Crippen LogP contribution in [0.5, 0.6) is 5.88 Å². The number of guanidine groups is 1. The van der Waals surface area contributed by atoms with Crippen molar-refractivity contribution in [3.8, 4) is 5.88 Å². The van der Waals surface area contributed by atoms with Crippen molar-refractivity contribution in [2.24, 2.45) is 4.99 Å². The Labute approximate surface area is 203 Å². The molecule has 0 aliphatic rings. The highest BCUT2D eigenvalue weighted by Crippen LogP contribution is 2.16. The summed E-state index contributed by atoms with van der Waals surface area (Å²) in [6.45, 7) is 7.84. The maximum atomic E-state index is 5.93. The number of hydrogen-bond acceptors (Lipinski definition) is 5. The molecule has 1 aromatic carbocycles. The molecule has 7 nitrogen and oxygen atoms in total. The molecule has 1 heterocycles. The first-order valence-electron chi connectivity index (χ1n) is 10.5. The monoisotopic (exact) mass is 542 g/mol. The highest BCUT2D eigenvalue weighted by molar-refractivity contribution is 14.0. The molecule has 0 saturated carbocycles. The van der Waals surface area contributed by atoms with Crippen molar-refractivity contribution in [3.63, 3.8) is 0 Å². The molecular weight excluding hydrogens is 507 g/mol. The van der Waals surface area contributed by atoms with Crippen LogP contribution in [0.2, 0.25) is 0 Å². The van der Waals surface area contributed by atoms with E-state index in [4.69, 9.17) is 14.2 Å². The van der Waals surface area contributed by atoms with E-state index in [0.717, 1.165) is 31.0 Å². The number of aromatic nitrogens is 1. The highest BCUT2D eigenvalue weighted by atomic mass is 127. The Morgan fingerprint density at radius 3 is 2.61 bits per heavy atom. The van der Waals surface area contributed by atoms with E-state index in [9.17, 15) is 0 Å². The van der Waals surface area contributed by atoms with Gasteiger partial charge in [0.1, 0.15) is 6.61 Å². The van der Waals surface area contributed by atoms with Crippen molar-refractivity contribution in [3.05, 3.63) is 59.8 Å². The molecule has 0 amide bonds. The molecule has 2 aromatic rings. The molecule has 2 rings (SSSR count). The predicted molar refractivity (Wildman–Crippen MR) is 135 cm³/mol. The molecule has 0 aliphatic carbocycles. The lowest BCUT2D eigenvalue weighted by Gasteiger charge is -2.15. The van der Waals surface area contributed by atoms with E-state index in [1.54, 1.807) is 13.3 Å². The van der Waals surface area contributed by atoms with Crippen LogP contribution in [0.4, 0.5) is 0 Å². The van der Waals surface area contributed by atoms with E-state index in [0.29, 0.717) is 32.2 Å². The van der Waals surface area contributed by atoms with Crippen LogP contribution >= 0.6 is 24.0 Å². The van der Waals surface area contributed by atoms with Crippen LogP contribution in [0, 0.1) is 0 Å². The number of nitrogens with zero attached hydrogens (tertiary/aromatic N) is 2. The zero-order chi connectivity index (χ0) is 21.4. The Morgan fingerprint density at radius 1 is 1.06 bits per heavy atom. The van der Waals surface area contributed by atoms with Gasteiger partial charge in [-0.05, 0) is 31.9 Å². The van der Waals surface area contributed by atoms with E-state index in [1.165, 1.54) is 5.56 Å². The number of rotatable bonds is 13. The van der Waals surface area contributed by atoms with Crippen LogP contribution in [-0.4, -0.2) is 51.0 Å².